The Bertz CT molecular complexity index is 671. The van der Waals surface area contributed by atoms with Crippen LogP contribution in [-0.4, -0.2) is 26.7 Å². The molecule has 0 bridgehead atoms. The van der Waals surface area contributed by atoms with Gasteiger partial charge >= 0.3 is 0 Å². The second-order valence-corrected chi connectivity index (χ2v) is 4.97. The fourth-order valence-corrected chi connectivity index (χ4v) is 2.51. The molecule has 5 nitrogen and oxygen atoms in total. The molecule has 0 aliphatic carbocycles. The summed E-state index contributed by atoms with van der Waals surface area (Å²) in [4.78, 5) is 2.16. The lowest BCUT2D eigenvalue weighted by molar-refractivity contribution is 0.354. The maximum Gasteiger partial charge on any atom is 0.161 e. The SMILES string of the molecule is COc1ccc(CC2=NNCN2c2ccccc2)cc1OC. The Morgan fingerprint density at radius 1 is 1.05 bits per heavy atom. The van der Waals surface area contributed by atoms with Crippen LogP contribution in [0.5, 0.6) is 11.5 Å². The van der Waals surface area contributed by atoms with Gasteiger partial charge in [-0.1, -0.05) is 24.3 Å². The average molecular weight is 297 g/mol. The molecule has 1 heterocycles. The second-order valence-electron chi connectivity index (χ2n) is 4.97. The number of rotatable bonds is 5. The van der Waals surface area contributed by atoms with Crippen LogP contribution < -0.4 is 19.8 Å². The van der Waals surface area contributed by atoms with Crippen LogP contribution in [0.15, 0.2) is 53.6 Å². The number of hydrogen-bond donors (Lipinski definition) is 1. The lowest BCUT2D eigenvalue weighted by Crippen LogP contribution is -2.30. The largest absolute Gasteiger partial charge is 0.493 e. The van der Waals surface area contributed by atoms with Gasteiger partial charge in [-0.3, -0.25) is 5.43 Å². The lowest BCUT2D eigenvalue weighted by atomic mass is 10.1. The quantitative estimate of drug-likeness (QED) is 0.921. The zero-order chi connectivity index (χ0) is 15.4. The van der Waals surface area contributed by atoms with Crippen LogP contribution in [0.25, 0.3) is 0 Å². The minimum absolute atomic E-state index is 0.687. The van der Waals surface area contributed by atoms with Crippen LogP contribution in [0.4, 0.5) is 5.69 Å². The summed E-state index contributed by atoms with van der Waals surface area (Å²) < 4.78 is 10.6. The van der Waals surface area contributed by atoms with Crippen molar-refractivity contribution < 1.29 is 9.47 Å². The molecule has 2 aromatic rings. The maximum atomic E-state index is 5.36. The molecule has 0 amide bonds. The average Bonchev–Trinajstić information content (AvgIpc) is 3.03. The smallest absolute Gasteiger partial charge is 0.161 e. The predicted octanol–water partition coefficient (Wildman–Crippen LogP) is 2.63. The van der Waals surface area contributed by atoms with Gasteiger partial charge in [0.05, 0.1) is 14.2 Å². The Morgan fingerprint density at radius 3 is 2.55 bits per heavy atom. The van der Waals surface area contributed by atoms with Gasteiger partial charge in [0.1, 0.15) is 12.5 Å². The highest BCUT2D eigenvalue weighted by atomic mass is 16.5. The molecule has 22 heavy (non-hydrogen) atoms. The van der Waals surface area contributed by atoms with Crippen molar-refractivity contribution in [2.24, 2.45) is 5.10 Å². The van der Waals surface area contributed by atoms with Gasteiger partial charge in [0.25, 0.3) is 0 Å². The molecule has 0 radical (unpaired) electrons. The summed E-state index contributed by atoms with van der Waals surface area (Å²) in [5.74, 6) is 2.45. The Labute approximate surface area is 130 Å². The summed E-state index contributed by atoms with van der Waals surface area (Å²) in [6.45, 7) is 0.687. The van der Waals surface area contributed by atoms with Crippen LogP contribution in [0.3, 0.4) is 0 Å². The summed E-state index contributed by atoms with van der Waals surface area (Å²) in [7, 11) is 3.28. The standard InChI is InChI=1S/C17H19N3O2/c1-21-15-9-8-13(10-16(15)22-2)11-17-19-18-12-20(17)14-6-4-3-5-7-14/h3-10,18H,11-12H2,1-2H3. The maximum absolute atomic E-state index is 5.36. The number of hydrogen-bond acceptors (Lipinski definition) is 5. The molecule has 0 fully saturated rings. The van der Waals surface area contributed by atoms with Crippen LogP contribution in [0.2, 0.25) is 0 Å². The molecule has 0 atom stereocenters. The Hall–Kier alpha value is -2.69. The van der Waals surface area contributed by atoms with Crippen molar-refractivity contribution in [3.63, 3.8) is 0 Å². The van der Waals surface area contributed by atoms with Crippen LogP contribution in [0, 0.1) is 0 Å². The highest BCUT2D eigenvalue weighted by Gasteiger charge is 2.19. The normalized spacial score (nSPS) is 13.5. The highest BCUT2D eigenvalue weighted by Crippen LogP contribution is 2.28. The van der Waals surface area contributed by atoms with Gasteiger partial charge in [-0.15, -0.1) is 0 Å². The number of nitrogens with one attached hydrogen (secondary N) is 1. The topological polar surface area (TPSA) is 46.1 Å². The van der Waals surface area contributed by atoms with E-state index in [0.717, 1.165) is 35.0 Å². The van der Waals surface area contributed by atoms with E-state index in [-0.39, 0.29) is 0 Å². The molecule has 114 valence electrons. The Morgan fingerprint density at radius 2 is 1.82 bits per heavy atom. The number of benzene rings is 2. The van der Waals surface area contributed by atoms with E-state index in [4.69, 9.17) is 9.47 Å². The van der Waals surface area contributed by atoms with Crippen LogP contribution in [0.1, 0.15) is 5.56 Å². The minimum Gasteiger partial charge on any atom is -0.493 e. The predicted molar refractivity (Wildman–Crippen MR) is 87.6 cm³/mol. The molecule has 5 heteroatoms. The van der Waals surface area contributed by atoms with Crippen LogP contribution >= 0.6 is 0 Å². The van der Waals surface area contributed by atoms with Gasteiger partial charge in [0.15, 0.2) is 11.5 Å². The van der Waals surface area contributed by atoms with E-state index >= 15 is 0 Å². The molecule has 0 unspecified atom stereocenters. The molecule has 2 aromatic carbocycles. The van der Waals surface area contributed by atoms with E-state index in [9.17, 15) is 0 Å². The van der Waals surface area contributed by atoms with Crippen molar-refractivity contribution in [3.8, 4) is 11.5 Å². The molecule has 0 aromatic heterocycles. The molecular formula is C17H19N3O2. The first kappa shape index (κ1) is 14.3. The number of amidine groups is 1. The fraction of sp³-hybridized carbons (Fsp3) is 0.235. The summed E-state index contributed by atoms with van der Waals surface area (Å²) in [6.07, 6.45) is 0.724. The molecule has 1 aliphatic heterocycles. The summed E-state index contributed by atoms with van der Waals surface area (Å²) in [5, 5.41) is 4.41. The third-order valence-corrected chi connectivity index (χ3v) is 3.63. The summed E-state index contributed by atoms with van der Waals surface area (Å²) in [5.41, 5.74) is 5.31. The fourth-order valence-electron chi connectivity index (χ4n) is 2.51. The number of methoxy groups -OCH3 is 2. The van der Waals surface area contributed by atoms with Crippen molar-refractivity contribution in [1.29, 1.82) is 0 Å². The van der Waals surface area contributed by atoms with Crippen LogP contribution in [-0.2, 0) is 6.42 Å². The van der Waals surface area contributed by atoms with Crippen molar-refractivity contribution in [1.82, 2.24) is 5.43 Å². The number of anilines is 1. The highest BCUT2D eigenvalue weighted by molar-refractivity contribution is 6.00. The molecule has 1 aliphatic rings. The van der Waals surface area contributed by atoms with E-state index in [0.29, 0.717) is 6.67 Å². The first-order chi connectivity index (χ1) is 10.8. The third kappa shape index (κ3) is 2.83. The number of para-hydroxylation sites is 1. The summed E-state index contributed by atoms with van der Waals surface area (Å²) in [6, 6.07) is 16.2. The molecular weight excluding hydrogens is 278 g/mol. The van der Waals surface area contributed by atoms with E-state index < -0.39 is 0 Å². The zero-order valence-electron chi connectivity index (χ0n) is 12.7. The number of ether oxygens (including phenoxy) is 2. The van der Waals surface area contributed by atoms with Gasteiger partial charge in [-0.2, -0.15) is 5.10 Å². The zero-order valence-corrected chi connectivity index (χ0v) is 12.7. The number of hydrazone groups is 1. The monoisotopic (exact) mass is 297 g/mol. The molecule has 0 spiro atoms. The van der Waals surface area contributed by atoms with Gasteiger partial charge in [-0.25, -0.2) is 0 Å². The second kappa shape index (κ2) is 6.39. The van der Waals surface area contributed by atoms with E-state index in [1.54, 1.807) is 14.2 Å². The van der Waals surface area contributed by atoms with E-state index in [1.807, 2.05) is 36.4 Å². The van der Waals surface area contributed by atoms with Gasteiger partial charge in [-0.05, 0) is 29.8 Å². The van der Waals surface area contributed by atoms with Crippen molar-refractivity contribution >= 4 is 11.5 Å². The van der Waals surface area contributed by atoms with Crippen molar-refractivity contribution in [2.45, 2.75) is 6.42 Å². The lowest BCUT2D eigenvalue weighted by Gasteiger charge is -2.19. The molecule has 0 saturated carbocycles. The summed E-state index contributed by atoms with van der Waals surface area (Å²) >= 11 is 0. The third-order valence-electron chi connectivity index (χ3n) is 3.63. The van der Waals surface area contributed by atoms with E-state index in [1.165, 1.54) is 0 Å². The van der Waals surface area contributed by atoms with Gasteiger partial charge in [0.2, 0.25) is 0 Å². The Balaban J connectivity index is 1.80. The van der Waals surface area contributed by atoms with Crippen molar-refractivity contribution in [2.75, 3.05) is 25.8 Å². The first-order valence-electron chi connectivity index (χ1n) is 7.14. The molecule has 3 rings (SSSR count). The van der Waals surface area contributed by atoms with Gasteiger partial charge < -0.3 is 14.4 Å². The minimum atomic E-state index is 0.687. The number of nitrogens with zero attached hydrogens (tertiary/aromatic N) is 2. The molecule has 1 N–H and O–H groups in total. The molecule has 0 saturated heterocycles. The van der Waals surface area contributed by atoms with E-state index in [2.05, 4.69) is 27.6 Å². The van der Waals surface area contributed by atoms with Crippen molar-refractivity contribution in [3.05, 3.63) is 54.1 Å². The first-order valence-corrected chi connectivity index (χ1v) is 7.14. The van der Waals surface area contributed by atoms with Gasteiger partial charge in [0, 0.05) is 12.1 Å². The Kier molecular flexibility index (Phi) is 4.14.